The molecular formula is C12H17NO3. The largest absolute Gasteiger partial charge is 0.486 e. The summed E-state index contributed by atoms with van der Waals surface area (Å²) < 4.78 is 10.9. The first-order valence-electron chi connectivity index (χ1n) is 5.40. The highest BCUT2D eigenvalue weighted by molar-refractivity contribution is 5.45. The van der Waals surface area contributed by atoms with E-state index >= 15 is 0 Å². The fraction of sp³-hybridized carbons (Fsp3) is 0.500. The number of fused-ring (bicyclic) bond motifs is 1. The predicted octanol–water partition coefficient (Wildman–Crippen LogP) is 0.885. The van der Waals surface area contributed by atoms with Crippen molar-refractivity contribution < 1.29 is 14.6 Å². The number of likely N-dealkylation sites (N-methyl/N-ethyl adjacent to an activating group) is 1. The van der Waals surface area contributed by atoms with Crippen LogP contribution in [0.25, 0.3) is 0 Å². The van der Waals surface area contributed by atoms with E-state index < -0.39 is 5.60 Å². The SMILES string of the molecule is CNCC(C)(O)c1ccc2c(c1)OCCO2. The molecule has 0 spiro atoms. The molecule has 1 unspecified atom stereocenters. The summed E-state index contributed by atoms with van der Waals surface area (Å²) in [5.41, 5.74) is -0.0731. The molecule has 1 aromatic rings. The van der Waals surface area contributed by atoms with Crippen LogP contribution in [0.1, 0.15) is 12.5 Å². The van der Waals surface area contributed by atoms with Gasteiger partial charge in [-0.2, -0.15) is 0 Å². The summed E-state index contributed by atoms with van der Waals surface area (Å²) in [6.45, 7) is 3.41. The Labute approximate surface area is 95.2 Å². The van der Waals surface area contributed by atoms with E-state index in [9.17, 15) is 5.11 Å². The molecule has 2 N–H and O–H groups in total. The van der Waals surface area contributed by atoms with E-state index in [1.54, 1.807) is 6.92 Å². The minimum atomic E-state index is -0.898. The number of rotatable bonds is 3. The molecule has 0 aliphatic carbocycles. The minimum Gasteiger partial charge on any atom is -0.486 e. The molecule has 1 aromatic carbocycles. The van der Waals surface area contributed by atoms with Gasteiger partial charge >= 0.3 is 0 Å². The average Bonchev–Trinajstić information content (AvgIpc) is 2.28. The van der Waals surface area contributed by atoms with Gasteiger partial charge in [-0.05, 0) is 31.7 Å². The van der Waals surface area contributed by atoms with Gasteiger partial charge in [0.15, 0.2) is 11.5 Å². The van der Waals surface area contributed by atoms with E-state index in [0.717, 1.165) is 11.3 Å². The average molecular weight is 223 g/mol. The Morgan fingerprint density at radius 3 is 2.69 bits per heavy atom. The minimum absolute atomic E-state index is 0.493. The number of ether oxygens (including phenoxy) is 2. The van der Waals surface area contributed by atoms with Crippen LogP contribution in [0.4, 0.5) is 0 Å². The van der Waals surface area contributed by atoms with Gasteiger partial charge in [0.2, 0.25) is 0 Å². The topological polar surface area (TPSA) is 50.7 Å². The van der Waals surface area contributed by atoms with E-state index in [0.29, 0.717) is 25.5 Å². The maximum absolute atomic E-state index is 10.2. The monoisotopic (exact) mass is 223 g/mol. The van der Waals surface area contributed by atoms with Crippen LogP contribution in [0.2, 0.25) is 0 Å². The van der Waals surface area contributed by atoms with Crippen molar-refractivity contribution in [3.63, 3.8) is 0 Å². The van der Waals surface area contributed by atoms with Gasteiger partial charge in [-0.3, -0.25) is 0 Å². The summed E-state index contributed by atoms with van der Waals surface area (Å²) in [7, 11) is 1.81. The Morgan fingerprint density at radius 2 is 2.00 bits per heavy atom. The molecule has 0 amide bonds. The first-order chi connectivity index (χ1) is 7.63. The van der Waals surface area contributed by atoms with Gasteiger partial charge < -0.3 is 19.9 Å². The quantitative estimate of drug-likeness (QED) is 0.799. The highest BCUT2D eigenvalue weighted by atomic mass is 16.6. The van der Waals surface area contributed by atoms with Crippen molar-refractivity contribution >= 4 is 0 Å². The Kier molecular flexibility index (Phi) is 3.03. The summed E-state index contributed by atoms with van der Waals surface area (Å²) in [6.07, 6.45) is 0. The lowest BCUT2D eigenvalue weighted by molar-refractivity contribution is 0.0584. The van der Waals surface area contributed by atoms with Crippen LogP contribution in [-0.2, 0) is 5.60 Å². The van der Waals surface area contributed by atoms with Gasteiger partial charge in [-0.15, -0.1) is 0 Å². The lowest BCUT2D eigenvalue weighted by atomic mass is 9.95. The third kappa shape index (κ3) is 2.13. The van der Waals surface area contributed by atoms with E-state index in [1.807, 2.05) is 25.2 Å². The second kappa shape index (κ2) is 4.31. The molecule has 1 aliphatic heterocycles. The van der Waals surface area contributed by atoms with Gasteiger partial charge in [-0.25, -0.2) is 0 Å². The van der Waals surface area contributed by atoms with E-state index in [-0.39, 0.29) is 0 Å². The fourth-order valence-corrected chi connectivity index (χ4v) is 1.82. The van der Waals surface area contributed by atoms with Crippen molar-refractivity contribution in [2.75, 3.05) is 26.8 Å². The molecule has 4 nitrogen and oxygen atoms in total. The molecular weight excluding hydrogens is 206 g/mol. The predicted molar refractivity (Wildman–Crippen MR) is 60.9 cm³/mol. The van der Waals surface area contributed by atoms with Crippen molar-refractivity contribution in [2.24, 2.45) is 0 Å². The first-order valence-corrected chi connectivity index (χ1v) is 5.40. The smallest absolute Gasteiger partial charge is 0.161 e. The molecule has 4 heteroatoms. The molecule has 16 heavy (non-hydrogen) atoms. The van der Waals surface area contributed by atoms with Crippen LogP contribution >= 0.6 is 0 Å². The van der Waals surface area contributed by atoms with Crippen molar-refractivity contribution in [1.82, 2.24) is 5.32 Å². The maximum atomic E-state index is 10.2. The lowest BCUT2D eigenvalue weighted by Gasteiger charge is -2.26. The van der Waals surface area contributed by atoms with Gasteiger partial charge in [-0.1, -0.05) is 6.07 Å². The van der Waals surface area contributed by atoms with Gasteiger partial charge in [0.25, 0.3) is 0 Å². The molecule has 0 radical (unpaired) electrons. The van der Waals surface area contributed by atoms with Crippen LogP contribution in [0.3, 0.4) is 0 Å². The second-order valence-corrected chi connectivity index (χ2v) is 4.16. The summed E-state index contributed by atoms with van der Waals surface area (Å²) in [5, 5.41) is 13.2. The van der Waals surface area contributed by atoms with Gasteiger partial charge in [0, 0.05) is 6.54 Å². The molecule has 0 fully saturated rings. The van der Waals surface area contributed by atoms with Crippen LogP contribution in [-0.4, -0.2) is 31.9 Å². The van der Waals surface area contributed by atoms with Crippen molar-refractivity contribution in [1.29, 1.82) is 0 Å². The summed E-state index contributed by atoms with van der Waals surface area (Å²) in [5.74, 6) is 1.45. The Bertz CT molecular complexity index is 377. The first kappa shape index (κ1) is 11.2. The molecule has 1 heterocycles. The van der Waals surface area contributed by atoms with Crippen molar-refractivity contribution in [2.45, 2.75) is 12.5 Å². The van der Waals surface area contributed by atoms with Crippen LogP contribution < -0.4 is 14.8 Å². The zero-order valence-electron chi connectivity index (χ0n) is 9.62. The van der Waals surface area contributed by atoms with E-state index in [1.165, 1.54) is 0 Å². The third-order valence-electron chi connectivity index (χ3n) is 2.69. The second-order valence-electron chi connectivity index (χ2n) is 4.16. The summed E-state index contributed by atoms with van der Waals surface area (Å²) >= 11 is 0. The fourth-order valence-electron chi connectivity index (χ4n) is 1.82. The number of benzene rings is 1. The normalized spacial score (nSPS) is 17.9. The third-order valence-corrected chi connectivity index (χ3v) is 2.69. The van der Waals surface area contributed by atoms with Gasteiger partial charge in [0.05, 0.1) is 5.60 Å². The molecule has 1 atom stereocenters. The molecule has 0 aromatic heterocycles. The standard InChI is InChI=1S/C12H17NO3/c1-12(14,8-13-2)9-3-4-10-11(7-9)16-6-5-15-10/h3-4,7,13-14H,5-6,8H2,1-2H3. The number of hydrogen-bond acceptors (Lipinski definition) is 4. The Balaban J connectivity index is 2.29. The van der Waals surface area contributed by atoms with Crippen molar-refractivity contribution in [3.05, 3.63) is 23.8 Å². The van der Waals surface area contributed by atoms with Crippen molar-refractivity contribution in [3.8, 4) is 11.5 Å². The molecule has 0 saturated carbocycles. The number of nitrogens with one attached hydrogen (secondary N) is 1. The molecule has 0 bridgehead atoms. The van der Waals surface area contributed by atoms with Crippen LogP contribution in [0, 0.1) is 0 Å². The van der Waals surface area contributed by atoms with Crippen LogP contribution in [0.5, 0.6) is 11.5 Å². The molecule has 88 valence electrons. The van der Waals surface area contributed by atoms with E-state index in [2.05, 4.69) is 5.32 Å². The number of aliphatic hydroxyl groups is 1. The summed E-state index contributed by atoms with van der Waals surface area (Å²) in [6, 6.07) is 5.55. The molecule has 2 rings (SSSR count). The zero-order valence-corrected chi connectivity index (χ0v) is 9.62. The Morgan fingerprint density at radius 1 is 1.31 bits per heavy atom. The maximum Gasteiger partial charge on any atom is 0.161 e. The molecule has 1 aliphatic rings. The highest BCUT2D eigenvalue weighted by Crippen LogP contribution is 2.34. The van der Waals surface area contributed by atoms with Gasteiger partial charge in [0.1, 0.15) is 13.2 Å². The van der Waals surface area contributed by atoms with Crippen LogP contribution in [0.15, 0.2) is 18.2 Å². The highest BCUT2D eigenvalue weighted by Gasteiger charge is 2.24. The molecule has 0 saturated heterocycles. The Hall–Kier alpha value is -1.26. The number of hydrogen-bond donors (Lipinski definition) is 2. The zero-order chi connectivity index (χ0) is 11.6. The summed E-state index contributed by atoms with van der Waals surface area (Å²) in [4.78, 5) is 0. The lowest BCUT2D eigenvalue weighted by Crippen LogP contribution is -2.33. The van der Waals surface area contributed by atoms with E-state index in [4.69, 9.17) is 9.47 Å².